The van der Waals surface area contributed by atoms with Gasteiger partial charge in [0, 0.05) is 55.8 Å². The van der Waals surface area contributed by atoms with E-state index in [1.807, 2.05) is 24.4 Å². The van der Waals surface area contributed by atoms with Crippen LogP contribution in [0.1, 0.15) is 43.8 Å². The average Bonchev–Trinajstić information content (AvgIpc) is 2.75. The zero-order valence-electron chi connectivity index (χ0n) is 17.0. The Bertz CT molecular complexity index is 1050. The Morgan fingerprint density at radius 3 is 2.47 bits per heavy atom. The van der Waals surface area contributed by atoms with Crippen molar-refractivity contribution in [3.63, 3.8) is 0 Å². The van der Waals surface area contributed by atoms with Gasteiger partial charge in [0.2, 0.25) is 0 Å². The Balaban J connectivity index is 1.24. The van der Waals surface area contributed by atoms with Crippen LogP contribution in [-0.4, -0.2) is 37.8 Å². The maximum Gasteiger partial charge on any atom is 0.266 e. The highest BCUT2D eigenvalue weighted by atomic mass is 16.1. The standard InChI is InChI=1S/C23H26N6O/c30-22-5-4-20(18-6-11-24-12-7-18)27-29(22)16-17-9-14-28(15-10-17)21-8-13-25-23(26-21)19-2-1-3-19/h4-8,11-13,17,19H,1-3,9-10,14-16H2. The van der Waals surface area contributed by atoms with Gasteiger partial charge < -0.3 is 4.90 Å². The van der Waals surface area contributed by atoms with Crippen LogP contribution in [0.5, 0.6) is 0 Å². The molecule has 7 nitrogen and oxygen atoms in total. The number of pyridine rings is 1. The van der Waals surface area contributed by atoms with E-state index in [1.54, 1.807) is 29.2 Å². The van der Waals surface area contributed by atoms with Crippen LogP contribution in [0.2, 0.25) is 0 Å². The molecule has 30 heavy (non-hydrogen) atoms. The molecule has 7 heteroatoms. The summed E-state index contributed by atoms with van der Waals surface area (Å²) in [5.41, 5.74) is 1.73. The average molecular weight is 403 g/mol. The lowest BCUT2D eigenvalue weighted by Gasteiger charge is -2.33. The topological polar surface area (TPSA) is 76.8 Å². The summed E-state index contributed by atoms with van der Waals surface area (Å²) >= 11 is 0. The smallest absolute Gasteiger partial charge is 0.266 e. The molecule has 154 valence electrons. The minimum atomic E-state index is -0.0452. The Hall–Kier alpha value is -3.09. The molecule has 0 unspecified atom stereocenters. The summed E-state index contributed by atoms with van der Waals surface area (Å²) in [6.07, 6.45) is 11.2. The van der Waals surface area contributed by atoms with E-state index < -0.39 is 0 Å². The van der Waals surface area contributed by atoms with Crippen molar-refractivity contribution in [2.75, 3.05) is 18.0 Å². The maximum atomic E-state index is 12.4. The van der Waals surface area contributed by atoms with Gasteiger partial charge in [0.05, 0.1) is 5.69 Å². The van der Waals surface area contributed by atoms with Crippen LogP contribution in [0.25, 0.3) is 11.3 Å². The summed E-state index contributed by atoms with van der Waals surface area (Å²) in [6, 6.07) is 9.24. The molecule has 0 amide bonds. The Morgan fingerprint density at radius 2 is 1.73 bits per heavy atom. The van der Waals surface area contributed by atoms with Crippen LogP contribution < -0.4 is 10.5 Å². The Kier molecular flexibility index (Phi) is 5.26. The fourth-order valence-electron chi connectivity index (χ4n) is 4.25. The quantitative estimate of drug-likeness (QED) is 0.652. The highest BCUT2D eigenvalue weighted by Crippen LogP contribution is 2.35. The first-order valence-electron chi connectivity index (χ1n) is 10.8. The second-order valence-corrected chi connectivity index (χ2v) is 8.31. The minimum Gasteiger partial charge on any atom is -0.356 e. The van der Waals surface area contributed by atoms with Crippen LogP contribution in [0.4, 0.5) is 5.82 Å². The monoisotopic (exact) mass is 402 g/mol. The van der Waals surface area contributed by atoms with E-state index in [0.717, 1.165) is 48.8 Å². The first-order valence-corrected chi connectivity index (χ1v) is 10.8. The van der Waals surface area contributed by atoms with Crippen LogP contribution in [0, 0.1) is 5.92 Å². The normalized spacial score (nSPS) is 17.7. The van der Waals surface area contributed by atoms with Crippen molar-refractivity contribution in [2.24, 2.45) is 5.92 Å². The molecule has 0 aromatic carbocycles. The number of piperidine rings is 1. The molecule has 3 aromatic heterocycles. The molecule has 0 spiro atoms. The number of hydrogen-bond acceptors (Lipinski definition) is 6. The van der Waals surface area contributed by atoms with E-state index in [4.69, 9.17) is 4.98 Å². The zero-order valence-corrected chi connectivity index (χ0v) is 17.0. The van der Waals surface area contributed by atoms with Crippen molar-refractivity contribution in [3.8, 4) is 11.3 Å². The van der Waals surface area contributed by atoms with Gasteiger partial charge in [0.15, 0.2) is 0 Å². The van der Waals surface area contributed by atoms with E-state index in [1.165, 1.54) is 19.3 Å². The summed E-state index contributed by atoms with van der Waals surface area (Å²) in [7, 11) is 0. The van der Waals surface area contributed by atoms with Crippen molar-refractivity contribution in [1.82, 2.24) is 24.7 Å². The molecular formula is C23H26N6O. The van der Waals surface area contributed by atoms with Gasteiger partial charge in [0.1, 0.15) is 11.6 Å². The van der Waals surface area contributed by atoms with E-state index in [-0.39, 0.29) is 5.56 Å². The minimum absolute atomic E-state index is 0.0452. The van der Waals surface area contributed by atoms with Crippen LogP contribution >= 0.6 is 0 Å². The van der Waals surface area contributed by atoms with E-state index >= 15 is 0 Å². The maximum absolute atomic E-state index is 12.4. The molecule has 0 atom stereocenters. The first-order chi connectivity index (χ1) is 14.8. The highest BCUT2D eigenvalue weighted by molar-refractivity contribution is 5.57. The van der Waals surface area contributed by atoms with E-state index in [2.05, 4.69) is 20.0 Å². The second-order valence-electron chi connectivity index (χ2n) is 8.31. The summed E-state index contributed by atoms with van der Waals surface area (Å²) in [5, 5.41) is 4.60. The Labute approximate surface area is 175 Å². The largest absolute Gasteiger partial charge is 0.356 e. The molecule has 3 aromatic rings. The van der Waals surface area contributed by atoms with Gasteiger partial charge in [-0.25, -0.2) is 14.6 Å². The molecule has 1 saturated carbocycles. The van der Waals surface area contributed by atoms with Gasteiger partial charge in [-0.2, -0.15) is 5.10 Å². The molecule has 0 N–H and O–H groups in total. The molecule has 4 heterocycles. The summed E-state index contributed by atoms with van der Waals surface area (Å²) in [6.45, 7) is 2.55. The number of hydrogen-bond donors (Lipinski definition) is 0. The molecular weight excluding hydrogens is 376 g/mol. The number of aromatic nitrogens is 5. The fourth-order valence-corrected chi connectivity index (χ4v) is 4.25. The summed E-state index contributed by atoms with van der Waals surface area (Å²) in [5.74, 6) is 3.03. The van der Waals surface area contributed by atoms with Crippen LogP contribution in [-0.2, 0) is 6.54 Å². The van der Waals surface area contributed by atoms with Crippen molar-refractivity contribution >= 4 is 5.82 Å². The fraction of sp³-hybridized carbons (Fsp3) is 0.435. The molecule has 0 bridgehead atoms. The summed E-state index contributed by atoms with van der Waals surface area (Å²) < 4.78 is 1.62. The highest BCUT2D eigenvalue weighted by Gasteiger charge is 2.25. The number of rotatable bonds is 5. The molecule has 1 saturated heterocycles. The van der Waals surface area contributed by atoms with E-state index in [9.17, 15) is 4.79 Å². The lowest BCUT2D eigenvalue weighted by Crippen LogP contribution is -2.37. The van der Waals surface area contributed by atoms with Crippen molar-refractivity contribution in [2.45, 2.75) is 44.6 Å². The summed E-state index contributed by atoms with van der Waals surface area (Å²) in [4.78, 5) is 28.1. The zero-order chi connectivity index (χ0) is 20.3. The third kappa shape index (κ3) is 3.97. The van der Waals surface area contributed by atoms with Gasteiger partial charge in [-0.05, 0) is 55.9 Å². The predicted molar refractivity (Wildman–Crippen MR) is 115 cm³/mol. The third-order valence-corrected chi connectivity index (χ3v) is 6.34. The molecule has 2 aliphatic rings. The van der Waals surface area contributed by atoms with Gasteiger partial charge in [-0.1, -0.05) is 6.42 Å². The van der Waals surface area contributed by atoms with Crippen molar-refractivity contribution in [3.05, 3.63) is 65.1 Å². The van der Waals surface area contributed by atoms with Crippen LogP contribution in [0.15, 0.2) is 53.7 Å². The molecule has 1 aliphatic heterocycles. The van der Waals surface area contributed by atoms with Gasteiger partial charge in [-0.15, -0.1) is 0 Å². The lowest BCUT2D eigenvalue weighted by molar-refractivity contribution is 0.334. The van der Waals surface area contributed by atoms with Crippen molar-refractivity contribution in [1.29, 1.82) is 0 Å². The SMILES string of the molecule is O=c1ccc(-c2ccncc2)nn1CC1CCN(c2ccnc(C3CCC3)n2)CC1. The van der Waals surface area contributed by atoms with Gasteiger partial charge in [-0.3, -0.25) is 9.78 Å². The Morgan fingerprint density at radius 1 is 0.933 bits per heavy atom. The molecule has 2 fully saturated rings. The molecule has 0 radical (unpaired) electrons. The second kappa shape index (κ2) is 8.34. The number of anilines is 1. The predicted octanol–water partition coefficient (Wildman–Crippen LogP) is 3.28. The molecule has 1 aliphatic carbocycles. The van der Waals surface area contributed by atoms with Gasteiger partial charge in [0.25, 0.3) is 5.56 Å². The van der Waals surface area contributed by atoms with E-state index in [0.29, 0.717) is 18.4 Å². The first kappa shape index (κ1) is 18.9. The lowest BCUT2D eigenvalue weighted by atomic mass is 9.85. The number of nitrogens with zero attached hydrogens (tertiary/aromatic N) is 6. The molecule has 5 rings (SSSR count). The van der Waals surface area contributed by atoms with Crippen LogP contribution in [0.3, 0.4) is 0 Å². The third-order valence-electron chi connectivity index (χ3n) is 6.34. The van der Waals surface area contributed by atoms with Gasteiger partial charge >= 0.3 is 0 Å². The van der Waals surface area contributed by atoms with Crippen molar-refractivity contribution < 1.29 is 0 Å².